The first kappa shape index (κ1) is 11.7. The third-order valence-corrected chi connectivity index (χ3v) is 3.01. The highest BCUT2D eigenvalue weighted by molar-refractivity contribution is 8.00. The van der Waals surface area contributed by atoms with Crippen LogP contribution in [-0.2, 0) is 0 Å². The minimum atomic E-state index is 0.445. The molecule has 0 nitrogen and oxygen atoms in total. The van der Waals surface area contributed by atoms with E-state index in [4.69, 9.17) is 0 Å². The van der Waals surface area contributed by atoms with E-state index in [9.17, 15) is 0 Å². The molecule has 0 aliphatic heterocycles. The van der Waals surface area contributed by atoms with Crippen molar-refractivity contribution in [3.8, 4) is 0 Å². The van der Waals surface area contributed by atoms with Crippen molar-refractivity contribution in [3.63, 3.8) is 0 Å². The summed E-state index contributed by atoms with van der Waals surface area (Å²) >= 11 is 6.23. The van der Waals surface area contributed by atoms with E-state index in [0.717, 1.165) is 5.75 Å². The van der Waals surface area contributed by atoms with Crippen LogP contribution in [0.25, 0.3) is 0 Å². The maximum Gasteiger partial charge on any atom is 0.00750 e. The van der Waals surface area contributed by atoms with E-state index in [0.29, 0.717) is 4.75 Å². The predicted molar refractivity (Wildman–Crippen MR) is 59.9 cm³/mol. The van der Waals surface area contributed by atoms with Gasteiger partial charge >= 0.3 is 0 Å². The molecule has 0 aromatic rings. The van der Waals surface area contributed by atoms with Crippen LogP contribution in [0.15, 0.2) is 0 Å². The number of hydrogen-bond donors (Lipinski definition) is 1. The predicted octanol–water partition coefficient (Wildman–Crippen LogP) is 3.62. The summed E-state index contributed by atoms with van der Waals surface area (Å²) in [6.45, 7) is 6.82. The summed E-state index contributed by atoms with van der Waals surface area (Å²) in [6, 6.07) is 0. The average molecular weight is 192 g/mol. The Morgan fingerprint density at radius 3 is 2.18 bits per heavy atom. The van der Waals surface area contributed by atoms with Crippen molar-refractivity contribution in [2.45, 2.75) is 44.8 Å². The van der Waals surface area contributed by atoms with Crippen LogP contribution in [0.4, 0.5) is 0 Å². The van der Waals surface area contributed by atoms with E-state index in [1.54, 1.807) is 0 Å². The maximum absolute atomic E-state index is 4.17. The van der Waals surface area contributed by atoms with Gasteiger partial charge in [0.1, 0.15) is 0 Å². The van der Waals surface area contributed by atoms with Gasteiger partial charge in [-0.15, -0.1) is 0 Å². The summed E-state index contributed by atoms with van der Waals surface area (Å²) in [5.74, 6) is 2.34. The van der Waals surface area contributed by atoms with E-state index < -0.39 is 0 Å². The maximum atomic E-state index is 4.17. The molecule has 0 spiro atoms. The fourth-order valence-corrected chi connectivity index (χ4v) is 1.95. The Balaban J connectivity index is 3.02. The van der Waals surface area contributed by atoms with Crippen molar-refractivity contribution < 1.29 is 0 Å². The molecule has 0 heterocycles. The van der Waals surface area contributed by atoms with Gasteiger partial charge in [0.25, 0.3) is 0 Å². The van der Waals surface area contributed by atoms with Crippen LogP contribution in [0.1, 0.15) is 40.0 Å². The third-order valence-electron chi connectivity index (χ3n) is 1.34. The highest BCUT2D eigenvalue weighted by Gasteiger charge is 2.08. The molecule has 0 aromatic heterocycles. The zero-order chi connectivity index (χ0) is 8.74. The number of rotatable bonds is 5. The molecule has 0 bridgehead atoms. The molecule has 0 aromatic carbocycles. The van der Waals surface area contributed by atoms with Gasteiger partial charge in [-0.1, -0.05) is 27.2 Å². The van der Waals surface area contributed by atoms with Gasteiger partial charge in [0.05, 0.1) is 0 Å². The Labute approximate surface area is 80.9 Å². The summed E-state index contributed by atoms with van der Waals surface area (Å²) in [4.78, 5) is 0. The number of hydrogen-bond acceptors (Lipinski definition) is 2. The van der Waals surface area contributed by atoms with Crippen molar-refractivity contribution in [3.05, 3.63) is 0 Å². The van der Waals surface area contributed by atoms with Gasteiger partial charge in [0, 0.05) is 4.75 Å². The molecule has 0 aliphatic carbocycles. The molecule has 0 N–H and O–H groups in total. The largest absolute Gasteiger partial charge is 0.179 e. The summed E-state index contributed by atoms with van der Waals surface area (Å²) in [5, 5.41) is 0. The van der Waals surface area contributed by atoms with Crippen LogP contribution in [-0.4, -0.2) is 16.3 Å². The molecule has 0 atom stereocenters. The molecule has 0 saturated carbocycles. The molecular weight excluding hydrogens is 172 g/mol. The van der Waals surface area contributed by atoms with E-state index in [1.165, 1.54) is 25.0 Å². The fraction of sp³-hybridized carbons (Fsp3) is 1.00. The van der Waals surface area contributed by atoms with Crippen LogP contribution in [0.3, 0.4) is 0 Å². The quantitative estimate of drug-likeness (QED) is 0.513. The monoisotopic (exact) mass is 192 g/mol. The lowest BCUT2D eigenvalue weighted by Crippen LogP contribution is -2.08. The number of thioether (sulfide) groups is 1. The van der Waals surface area contributed by atoms with Gasteiger partial charge in [0.2, 0.25) is 0 Å². The first-order valence-electron chi connectivity index (χ1n) is 4.31. The minimum Gasteiger partial charge on any atom is -0.179 e. The smallest absolute Gasteiger partial charge is 0.00750 e. The van der Waals surface area contributed by atoms with Crippen LogP contribution in [0.2, 0.25) is 0 Å². The summed E-state index contributed by atoms with van der Waals surface area (Å²) < 4.78 is 0.445. The highest BCUT2D eigenvalue weighted by atomic mass is 32.2. The third kappa shape index (κ3) is 10.7. The van der Waals surface area contributed by atoms with Crippen LogP contribution >= 0.6 is 24.4 Å². The van der Waals surface area contributed by atoms with Crippen LogP contribution in [0.5, 0.6) is 0 Å². The Bertz CT molecular complexity index is 84.1. The van der Waals surface area contributed by atoms with Gasteiger partial charge < -0.3 is 0 Å². The van der Waals surface area contributed by atoms with Crippen molar-refractivity contribution >= 4 is 24.4 Å². The molecule has 0 aliphatic rings. The molecule has 0 saturated heterocycles. The summed E-state index contributed by atoms with van der Waals surface area (Å²) in [6.07, 6.45) is 3.96. The lowest BCUT2D eigenvalue weighted by Gasteiger charge is -2.16. The van der Waals surface area contributed by atoms with E-state index in [1.807, 2.05) is 0 Å². The topological polar surface area (TPSA) is 0 Å². The standard InChI is InChI=1S/C9H20S2/c1-9(2,3)11-8-6-4-5-7-10/h10H,4-8H2,1-3H3. The number of thiol groups is 1. The summed E-state index contributed by atoms with van der Waals surface area (Å²) in [5.41, 5.74) is 0. The van der Waals surface area contributed by atoms with Gasteiger partial charge in [-0.05, 0) is 24.3 Å². The Hall–Kier alpha value is 0.700. The Morgan fingerprint density at radius 2 is 1.73 bits per heavy atom. The zero-order valence-electron chi connectivity index (χ0n) is 7.89. The molecule has 0 amide bonds. The SMILES string of the molecule is CC(C)(C)SCCCCCS. The van der Waals surface area contributed by atoms with Gasteiger partial charge in [-0.25, -0.2) is 0 Å². The van der Waals surface area contributed by atoms with Crippen LogP contribution < -0.4 is 0 Å². The molecule has 2 heteroatoms. The molecule has 0 fully saturated rings. The van der Waals surface area contributed by atoms with E-state index in [-0.39, 0.29) is 0 Å². The van der Waals surface area contributed by atoms with Crippen molar-refractivity contribution in [2.75, 3.05) is 11.5 Å². The molecular formula is C9H20S2. The lowest BCUT2D eigenvalue weighted by atomic mass is 10.3. The second kappa shape index (κ2) is 6.24. The Kier molecular flexibility index (Phi) is 6.64. The van der Waals surface area contributed by atoms with Crippen LogP contribution in [0, 0.1) is 0 Å². The summed E-state index contributed by atoms with van der Waals surface area (Å²) in [7, 11) is 0. The molecule has 68 valence electrons. The van der Waals surface area contributed by atoms with E-state index in [2.05, 4.69) is 45.2 Å². The normalized spacial score (nSPS) is 12.0. The van der Waals surface area contributed by atoms with Crippen molar-refractivity contribution in [1.82, 2.24) is 0 Å². The van der Waals surface area contributed by atoms with Crippen molar-refractivity contribution in [1.29, 1.82) is 0 Å². The average Bonchev–Trinajstić information content (AvgIpc) is 1.85. The first-order valence-corrected chi connectivity index (χ1v) is 5.93. The lowest BCUT2D eigenvalue weighted by molar-refractivity contribution is 0.767. The van der Waals surface area contributed by atoms with Gasteiger partial charge in [0.15, 0.2) is 0 Å². The van der Waals surface area contributed by atoms with Crippen molar-refractivity contribution in [2.24, 2.45) is 0 Å². The second-order valence-electron chi connectivity index (χ2n) is 3.75. The van der Waals surface area contributed by atoms with Gasteiger partial charge in [-0.2, -0.15) is 24.4 Å². The fourth-order valence-electron chi connectivity index (χ4n) is 0.769. The van der Waals surface area contributed by atoms with Gasteiger partial charge in [-0.3, -0.25) is 0 Å². The zero-order valence-corrected chi connectivity index (χ0v) is 9.60. The highest BCUT2D eigenvalue weighted by Crippen LogP contribution is 2.24. The molecule has 0 rings (SSSR count). The number of unbranched alkanes of at least 4 members (excludes halogenated alkanes) is 2. The molecule has 0 radical (unpaired) electrons. The minimum absolute atomic E-state index is 0.445. The van der Waals surface area contributed by atoms with E-state index >= 15 is 0 Å². The Morgan fingerprint density at radius 1 is 1.09 bits per heavy atom. The first-order chi connectivity index (χ1) is 5.06. The molecule has 0 unspecified atom stereocenters. The second-order valence-corrected chi connectivity index (χ2v) is 6.11. The molecule has 11 heavy (non-hydrogen) atoms.